The van der Waals surface area contributed by atoms with Gasteiger partial charge in [-0.05, 0) is 42.8 Å². The van der Waals surface area contributed by atoms with E-state index >= 15 is 0 Å². The summed E-state index contributed by atoms with van der Waals surface area (Å²) in [7, 11) is -2.17. The maximum absolute atomic E-state index is 12.6. The van der Waals surface area contributed by atoms with Gasteiger partial charge in [0.1, 0.15) is 5.75 Å². The second kappa shape index (κ2) is 6.05. The Morgan fingerprint density at radius 3 is 2.33 bits per heavy atom. The molecule has 2 rings (SSSR count). The number of hydrogen-bond donors (Lipinski definition) is 1. The predicted octanol–water partition coefficient (Wildman–Crippen LogP) is 3.43. The summed E-state index contributed by atoms with van der Waals surface area (Å²) < 4.78 is 26.4. The molecule has 2 aromatic rings. The fourth-order valence-electron chi connectivity index (χ4n) is 1.97. The van der Waals surface area contributed by atoms with Crippen LogP contribution in [0.3, 0.4) is 0 Å². The molecule has 0 spiro atoms. The van der Waals surface area contributed by atoms with Crippen molar-refractivity contribution in [3.63, 3.8) is 0 Å². The van der Waals surface area contributed by atoms with Crippen LogP contribution in [0.25, 0.3) is 0 Å². The van der Waals surface area contributed by atoms with Crippen molar-refractivity contribution in [3.8, 4) is 5.75 Å². The molecule has 0 radical (unpaired) electrons. The molecule has 0 aliphatic rings. The van der Waals surface area contributed by atoms with Crippen LogP contribution >= 0.6 is 11.6 Å². The van der Waals surface area contributed by atoms with Crippen molar-refractivity contribution in [2.45, 2.75) is 17.9 Å². The van der Waals surface area contributed by atoms with E-state index < -0.39 is 10.0 Å². The van der Waals surface area contributed by atoms with E-state index in [1.54, 1.807) is 31.2 Å². The number of hydrogen-bond acceptors (Lipinski definition) is 3. The van der Waals surface area contributed by atoms with Crippen molar-refractivity contribution >= 4 is 21.6 Å². The summed E-state index contributed by atoms with van der Waals surface area (Å²) in [5, 5.41) is 10.0. The summed E-state index contributed by atoms with van der Waals surface area (Å²) in [6.07, 6.45) is 0. The summed E-state index contributed by atoms with van der Waals surface area (Å²) in [5.74, 6) is -0.0800. The number of rotatable bonds is 4. The number of benzene rings is 2. The lowest BCUT2D eigenvalue weighted by Crippen LogP contribution is -2.29. The van der Waals surface area contributed by atoms with E-state index in [2.05, 4.69) is 0 Å². The highest BCUT2D eigenvalue weighted by atomic mass is 35.5. The molecule has 1 unspecified atom stereocenters. The second-order valence-electron chi connectivity index (χ2n) is 4.75. The van der Waals surface area contributed by atoms with Gasteiger partial charge in [-0.3, -0.25) is 0 Å². The normalized spacial score (nSPS) is 13.3. The van der Waals surface area contributed by atoms with Crippen LogP contribution in [-0.4, -0.2) is 24.9 Å². The van der Waals surface area contributed by atoms with Gasteiger partial charge in [-0.2, -0.15) is 4.31 Å². The molecule has 0 fully saturated rings. The third kappa shape index (κ3) is 3.37. The van der Waals surface area contributed by atoms with E-state index in [1.807, 2.05) is 0 Å². The van der Waals surface area contributed by atoms with Crippen molar-refractivity contribution < 1.29 is 13.5 Å². The summed E-state index contributed by atoms with van der Waals surface area (Å²) in [4.78, 5) is 0.0609. The van der Waals surface area contributed by atoms with Gasteiger partial charge in [-0.25, -0.2) is 8.42 Å². The Kier molecular flexibility index (Phi) is 4.56. The summed E-state index contributed by atoms with van der Waals surface area (Å²) in [6, 6.07) is 12.3. The van der Waals surface area contributed by atoms with Crippen LogP contribution in [0.5, 0.6) is 5.75 Å². The number of nitrogens with zero attached hydrogens (tertiary/aromatic N) is 1. The molecule has 0 saturated carbocycles. The van der Waals surface area contributed by atoms with Crippen LogP contribution in [-0.2, 0) is 10.0 Å². The minimum Gasteiger partial charge on any atom is -0.508 e. The highest BCUT2D eigenvalue weighted by molar-refractivity contribution is 7.89. The van der Waals surface area contributed by atoms with Gasteiger partial charge in [0.15, 0.2) is 0 Å². The second-order valence-corrected chi connectivity index (χ2v) is 7.18. The minimum atomic E-state index is -3.68. The van der Waals surface area contributed by atoms with Crippen LogP contribution in [0.1, 0.15) is 18.5 Å². The third-order valence-corrected chi connectivity index (χ3v) is 5.57. The standard InChI is InChI=1S/C15H16ClNO3S/c1-11(12-6-8-13(16)9-7-12)17(2)21(19,20)15-5-3-4-14(18)10-15/h3-11,18H,1-2H3. The van der Waals surface area contributed by atoms with E-state index in [1.165, 1.54) is 35.6 Å². The molecule has 0 bridgehead atoms. The number of sulfonamides is 1. The molecule has 1 atom stereocenters. The molecular weight excluding hydrogens is 310 g/mol. The highest BCUT2D eigenvalue weighted by Gasteiger charge is 2.26. The molecule has 21 heavy (non-hydrogen) atoms. The molecule has 0 saturated heterocycles. The Bertz CT molecular complexity index is 729. The Morgan fingerprint density at radius 2 is 1.76 bits per heavy atom. The Morgan fingerprint density at radius 1 is 1.14 bits per heavy atom. The van der Waals surface area contributed by atoms with Crippen molar-refractivity contribution in [1.82, 2.24) is 4.31 Å². The summed E-state index contributed by atoms with van der Waals surface area (Å²) in [5.41, 5.74) is 0.839. The van der Waals surface area contributed by atoms with Crippen LogP contribution in [0.2, 0.25) is 5.02 Å². The fraction of sp³-hybridized carbons (Fsp3) is 0.200. The zero-order valence-corrected chi connectivity index (χ0v) is 13.3. The quantitative estimate of drug-likeness (QED) is 0.937. The lowest BCUT2D eigenvalue weighted by Gasteiger charge is -2.24. The van der Waals surface area contributed by atoms with E-state index in [4.69, 9.17) is 11.6 Å². The van der Waals surface area contributed by atoms with Gasteiger partial charge in [0.05, 0.1) is 4.90 Å². The zero-order chi connectivity index (χ0) is 15.6. The molecule has 112 valence electrons. The molecule has 0 aliphatic heterocycles. The van der Waals surface area contributed by atoms with Crippen molar-refractivity contribution in [1.29, 1.82) is 0 Å². The molecule has 0 aromatic heterocycles. The minimum absolute atomic E-state index is 0.0609. The molecule has 6 heteroatoms. The molecule has 0 heterocycles. The van der Waals surface area contributed by atoms with Crippen LogP contribution in [0.15, 0.2) is 53.4 Å². The van der Waals surface area contributed by atoms with Gasteiger partial charge >= 0.3 is 0 Å². The van der Waals surface area contributed by atoms with E-state index in [0.29, 0.717) is 5.02 Å². The molecule has 0 aliphatic carbocycles. The largest absolute Gasteiger partial charge is 0.508 e. The van der Waals surface area contributed by atoms with Gasteiger partial charge < -0.3 is 5.11 Å². The number of aromatic hydroxyl groups is 1. The SMILES string of the molecule is CC(c1ccc(Cl)cc1)N(C)S(=O)(=O)c1cccc(O)c1. The number of halogens is 1. The van der Waals surface area contributed by atoms with Crippen LogP contribution < -0.4 is 0 Å². The molecule has 0 amide bonds. The first-order valence-electron chi connectivity index (χ1n) is 6.35. The topological polar surface area (TPSA) is 57.6 Å². The molecular formula is C15H16ClNO3S. The van der Waals surface area contributed by atoms with E-state index in [9.17, 15) is 13.5 Å². The third-order valence-electron chi connectivity index (χ3n) is 3.39. The van der Waals surface area contributed by atoms with Crippen LogP contribution in [0, 0.1) is 0 Å². The van der Waals surface area contributed by atoms with Crippen molar-refractivity contribution in [2.24, 2.45) is 0 Å². The average molecular weight is 326 g/mol. The Balaban J connectivity index is 2.33. The lowest BCUT2D eigenvalue weighted by atomic mass is 10.1. The summed E-state index contributed by atoms with van der Waals surface area (Å²) in [6.45, 7) is 1.80. The first-order valence-corrected chi connectivity index (χ1v) is 8.16. The van der Waals surface area contributed by atoms with Gasteiger partial charge in [0.2, 0.25) is 10.0 Å². The maximum atomic E-state index is 12.6. The fourth-order valence-corrected chi connectivity index (χ4v) is 3.49. The summed E-state index contributed by atoms with van der Waals surface area (Å²) >= 11 is 5.84. The van der Waals surface area contributed by atoms with E-state index in [0.717, 1.165) is 5.56 Å². The Hall–Kier alpha value is -1.56. The Labute approximate surface area is 129 Å². The average Bonchev–Trinajstić information content (AvgIpc) is 2.46. The number of phenols is 1. The van der Waals surface area contributed by atoms with Gasteiger partial charge in [-0.1, -0.05) is 29.8 Å². The van der Waals surface area contributed by atoms with E-state index in [-0.39, 0.29) is 16.7 Å². The molecule has 2 aromatic carbocycles. The highest BCUT2D eigenvalue weighted by Crippen LogP contribution is 2.27. The predicted molar refractivity (Wildman–Crippen MR) is 82.9 cm³/mol. The van der Waals surface area contributed by atoms with Crippen LogP contribution in [0.4, 0.5) is 0 Å². The van der Waals surface area contributed by atoms with Gasteiger partial charge in [-0.15, -0.1) is 0 Å². The zero-order valence-electron chi connectivity index (χ0n) is 11.7. The van der Waals surface area contributed by atoms with Crippen molar-refractivity contribution in [3.05, 3.63) is 59.1 Å². The lowest BCUT2D eigenvalue weighted by molar-refractivity contribution is 0.397. The maximum Gasteiger partial charge on any atom is 0.243 e. The molecule has 4 nitrogen and oxygen atoms in total. The van der Waals surface area contributed by atoms with Crippen molar-refractivity contribution in [2.75, 3.05) is 7.05 Å². The molecule has 1 N–H and O–H groups in total. The first kappa shape index (κ1) is 15.8. The number of phenolic OH excluding ortho intramolecular Hbond substituents is 1. The van der Waals surface area contributed by atoms with Gasteiger partial charge in [0.25, 0.3) is 0 Å². The monoisotopic (exact) mass is 325 g/mol. The smallest absolute Gasteiger partial charge is 0.243 e. The van der Waals surface area contributed by atoms with Gasteiger partial charge in [0, 0.05) is 18.1 Å². The first-order chi connectivity index (χ1) is 9.82.